The van der Waals surface area contributed by atoms with Crippen LogP contribution < -0.4 is 10.9 Å². The van der Waals surface area contributed by atoms with Gasteiger partial charge in [0.2, 0.25) is 0 Å². The van der Waals surface area contributed by atoms with Crippen LogP contribution in [-0.4, -0.2) is 16.0 Å². The molecule has 0 fully saturated rings. The molecule has 0 bridgehead atoms. The predicted octanol–water partition coefficient (Wildman–Crippen LogP) is 2.71. The number of carbonyl (C=O) groups excluding carboxylic acids is 1. The molecular formula is C14H13BrN2O3. The van der Waals surface area contributed by atoms with Crippen LogP contribution in [0.25, 0.3) is 0 Å². The zero-order chi connectivity index (χ0) is 14.9. The molecule has 0 aliphatic carbocycles. The lowest BCUT2D eigenvalue weighted by Crippen LogP contribution is -2.16. The number of nitrogens with one attached hydrogen (secondary N) is 2. The molecule has 104 valence electrons. The van der Waals surface area contributed by atoms with Crippen molar-refractivity contribution >= 4 is 27.5 Å². The van der Waals surface area contributed by atoms with Gasteiger partial charge in [0.25, 0.3) is 11.5 Å². The summed E-state index contributed by atoms with van der Waals surface area (Å²) in [5.74, 6) is -0.793. The Kier molecular flexibility index (Phi) is 3.94. The summed E-state index contributed by atoms with van der Waals surface area (Å²) in [6, 6.07) is 5.98. The van der Waals surface area contributed by atoms with Crippen LogP contribution in [0, 0.1) is 13.8 Å². The maximum atomic E-state index is 12.0. The number of halogens is 1. The molecule has 0 aliphatic rings. The Labute approximate surface area is 123 Å². The van der Waals surface area contributed by atoms with Crippen LogP contribution in [0.4, 0.5) is 5.69 Å². The highest BCUT2D eigenvalue weighted by Crippen LogP contribution is 2.25. The molecule has 1 aromatic heterocycles. The molecule has 20 heavy (non-hydrogen) atoms. The van der Waals surface area contributed by atoms with Crippen LogP contribution in [0.15, 0.2) is 33.5 Å². The molecule has 0 saturated heterocycles. The van der Waals surface area contributed by atoms with Gasteiger partial charge in [0, 0.05) is 22.3 Å². The summed E-state index contributed by atoms with van der Waals surface area (Å²) in [5.41, 5.74) is 2.19. The van der Waals surface area contributed by atoms with Crippen molar-refractivity contribution in [2.24, 2.45) is 0 Å². The molecule has 6 heteroatoms. The molecule has 0 radical (unpaired) electrons. The minimum atomic E-state index is -0.529. The Morgan fingerprint density at radius 3 is 2.35 bits per heavy atom. The zero-order valence-electron chi connectivity index (χ0n) is 11.0. The average molecular weight is 337 g/mol. The number of hydrogen-bond acceptors (Lipinski definition) is 3. The number of H-pyrrole nitrogens is 1. The van der Waals surface area contributed by atoms with Crippen molar-refractivity contribution < 1.29 is 9.90 Å². The van der Waals surface area contributed by atoms with Crippen molar-refractivity contribution in [3.63, 3.8) is 0 Å². The first-order valence-corrected chi connectivity index (χ1v) is 6.67. The molecule has 0 aliphatic heterocycles. The van der Waals surface area contributed by atoms with E-state index in [1.807, 2.05) is 26.0 Å². The highest BCUT2D eigenvalue weighted by Gasteiger charge is 2.10. The van der Waals surface area contributed by atoms with E-state index in [-0.39, 0.29) is 11.4 Å². The molecular weight excluding hydrogens is 324 g/mol. The van der Waals surface area contributed by atoms with Gasteiger partial charge < -0.3 is 10.4 Å². The molecule has 0 atom stereocenters. The van der Waals surface area contributed by atoms with Gasteiger partial charge in [0.15, 0.2) is 5.88 Å². The Morgan fingerprint density at radius 2 is 1.80 bits per heavy atom. The molecule has 0 unspecified atom stereocenters. The highest BCUT2D eigenvalue weighted by atomic mass is 79.9. The third kappa shape index (κ3) is 3.08. The van der Waals surface area contributed by atoms with Crippen LogP contribution in [0.1, 0.15) is 21.5 Å². The smallest absolute Gasteiger partial charge is 0.256 e. The van der Waals surface area contributed by atoms with E-state index in [2.05, 4.69) is 26.2 Å². The lowest BCUT2D eigenvalue weighted by Gasteiger charge is -2.09. The van der Waals surface area contributed by atoms with Crippen LogP contribution in [0.2, 0.25) is 0 Å². The fourth-order valence-corrected chi connectivity index (χ4v) is 2.11. The normalized spacial score (nSPS) is 10.3. The number of hydrogen-bond donors (Lipinski definition) is 3. The Bertz CT molecular complexity index is 714. The number of amides is 1. The van der Waals surface area contributed by atoms with E-state index in [0.29, 0.717) is 5.69 Å². The number of aryl methyl sites for hydroxylation is 2. The molecule has 2 aromatic rings. The summed E-state index contributed by atoms with van der Waals surface area (Å²) < 4.78 is 0.990. The van der Waals surface area contributed by atoms with Crippen molar-refractivity contribution in [1.82, 2.24) is 4.98 Å². The van der Waals surface area contributed by atoms with Gasteiger partial charge in [0.1, 0.15) is 0 Å². The van der Waals surface area contributed by atoms with Gasteiger partial charge >= 0.3 is 0 Å². The molecule has 0 saturated carbocycles. The van der Waals surface area contributed by atoms with E-state index in [1.165, 1.54) is 6.07 Å². The van der Waals surface area contributed by atoms with Gasteiger partial charge in [-0.25, -0.2) is 0 Å². The first-order valence-electron chi connectivity index (χ1n) is 5.88. The zero-order valence-corrected chi connectivity index (χ0v) is 12.5. The van der Waals surface area contributed by atoms with Crippen molar-refractivity contribution in [2.75, 3.05) is 5.32 Å². The fourth-order valence-electron chi connectivity index (χ4n) is 1.88. The number of aromatic hydroxyl groups is 1. The fraction of sp³-hybridized carbons (Fsp3) is 0.143. The number of anilines is 1. The summed E-state index contributed by atoms with van der Waals surface area (Å²) in [6.07, 6.45) is 0. The van der Waals surface area contributed by atoms with Crippen molar-refractivity contribution in [1.29, 1.82) is 0 Å². The molecule has 2 rings (SSSR count). The average Bonchev–Trinajstić information content (AvgIpc) is 2.34. The van der Waals surface area contributed by atoms with E-state index in [4.69, 9.17) is 0 Å². The quantitative estimate of drug-likeness (QED) is 0.788. The summed E-state index contributed by atoms with van der Waals surface area (Å²) >= 11 is 3.45. The van der Waals surface area contributed by atoms with Gasteiger partial charge in [-0.15, -0.1) is 0 Å². The third-order valence-corrected chi connectivity index (χ3v) is 4.04. The maximum Gasteiger partial charge on any atom is 0.256 e. The summed E-state index contributed by atoms with van der Waals surface area (Å²) in [6.45, 7) is 3.84. The standard InChI is InChI=1S/C14H13BrN2O3/c1-7-3-10(4-8(2)13(7)15)16-14(20)9-5-11(18)17-12(19)6-9/h3-6H,1-2H3,(H,16,20)(H2,17,18,19). The van der Waals surface area contributed by atoms with Crippen LogP contribution >= 0.6 is 15.9 Å². The second-order valence-electron chi connectivity index (χ2n) is 4.50. The Balaban J connectivity index is 2.30. The monoisotopic (exact) mass is 336 g/mol. The molecule has 5 nitrogen and oxygen atoms in total. The summed E-state index contributed by atoms with van der Waals surface area (Å²) in [7, 11) is 0. The van der Waals surface area contributed by atoms with E-state index in [1.54, 1.807) is 0 Å². The van der Waals surface area contributed by atoms with Crippen LogP contribution in [0.5, 0.6) is 5.88 Å². The molecule has 1 amide bonds. The first kappa shape index (κ1) is 14.3. The van der Waals surface area contributed by atoms with Crippen molar-refractivity contribution in [2.45, 2.75) is 13.8 Å². The number of rotatable bonds is 2. The molecule has 3 N–H and O–H groups in total. The topological polar surface area (TPSA) is 82.2 Å². The van der Waals surface area contributed by atoms with Gasteiger partial charge in [0.05, 0.1) is 5.56 Å². The largest absolute Gasteiger partial charge is 0.494 e. The van der Waals surface area contributed by atoms with Crippen LogP contribution in [-0.2, 0) is 0 Å². The Hall–Kier alpha value is -2.08. The second kappa shape index (κ2) is 5.50. The van der Waals surface area contributed by atoms with E-state index in [0.717, 1.165) is 21.7 Å². The molecule has 0 spiro atoms. The van der Waals surface area contributed by atoms with Crippen molar-refractivity contribution in [3.8, 4) is 5.88 Å². The predicted molar refractivity (Wildman–Crippen MR) is 80.3 cm³/mol. The lowest BCUT2D eigenvalue weighted by atomic mass is 10.1. The van der Waals surface area contributed by atoms with Gasteiger partial charge in [-0.3, -0.25) is 14.6 Å². The maximum absolute atomic E-state index is 12.0. The SMILES string of the molecule is Cc1cc(NC(=O)c2cc(O)[nH]c(=O)c2)cc(C)c1Br. The Morgan fingerprint density at radius 1 is 1.20 bits per heavy atom. The number of pyridine rings is 1. The van der Waals surface area contributed by atoms with Gasteiger partial charge in [-0.05, 0) is 37.1 Å². The van der Waals surface area contributed by atoms with Crippen molar-refractivity contribution in [3.05, 3.63) is 55.8 Å². The lowest BCUT2D eigenvalue weighted by molar-refractivity contribution is 0.102. The highest BCUT2D eigenvalue weighted by molar-refractivity contribution is 9.10. The number of aromatic nitrogens is 1. The van der Waals surface area contributed by atoms with E-state index in [9.17, 15) is 14.7 Å². The molecule has 1 aromatic carbocycles. The minimum absolute atomic E-state index is 0.101. The minimum Gasteiger partial charge on any atom is -0.494 e. The summed E-state index contributed by atoms with van der Waals surface area (Å²) in [5, 5.41) is 12.0. The van der Waals surface area contributed by atoms with E-state index < -0.39 is 11.5 Å². The number of aromatic amines is 1. The number of carbonyl (C=O) groups is 1. The molecule has 1 heterocycles. The second-order valence-corrected chi connectivity index (χ2v) is 5.29. The summed E-state index contributed by atoms with van der Waals surface area (Å²) in [4.78, 5) is 25.4. The van der Waals surface area contributed by atoms with Crippen LogP contribution in [0.3, 0.4) is 0 Å². The van der Waals surface area contributed by atoms with Gasteiger partial charge in [-0.1, -0.05) is 15.9 Å². The third-order valence-electron chi connectivity index (χ3n) is 2.79. The first-order chi connectivity index (χ1) is 9.36. The van der Waals surface area contributed by atoms with E-state index >= 15 is 0 Å². The number of benzene rings is 1. The van der Waals surface area contributed by atoms with Gasteiger partial charge in [-0.2, -0.15) is 0 Å².